The second kappa shape index (κ2) is 2.26. The third kappa shape index (κ3) is 1.10. The first-order chi connectivity index (χ1) is 5.62. The number of aromatic amines is 1. The van der Waals surface area contributed by atoms with Crippen LogP contribution in [0.4, 0.5) is 8.78 Å². The molecule has 5 heteroatoms. The van der Waals surface area contributed by atoms with Crippen molar-refractivity contribution in [2.24, 2.45) is 0 Å². The van der Waals surface area contributed by atoms with Gasteiger partial charge in [0.1, 0.15) is 5.60 Å². The van der Waals surface area contributed by atoms with E-state index in [1.807, 2.05) is 0 Å². The molecule has 3 nitrogen and oxygen atoms in total. The highest BCUT2D eigenvalue weighted by molar-refractivity contribution is 5.18. The van der Waals surface area contributed by atoms with Gasteiger partial charge in [-0.05, 0) is 12.8 Å². The molecule has 0 atom stereocenters. The molecule has 2 rings (SSSR count). The molecule has 0 aromatic carbocycles. The van der Waals surface area contributed by atoms with E-state index >= 15 is 0 Å². The monoisotopic (exact) mass is 174 g/mol. The number of hydrogen-bond acceptors (Lipinski definition) is 2. The predicted octanol–water partition coefficient (Wildman–Crippen LogP) is 1.33. The molecule has 0 bridgehead atoms. The topological polar surface area (TPSA) is 48.9 Å². The largest absolute Gasteiger partial charge is 0.384 e. The van der Waals surface area contributed by atoms with Gasteiger partial charge >= 0.3 is 0 Å². The maximum atomic E-state index is 12.0. The molecule has 1 aromatic rings. The number of H-pyrrole nitrogens is 1. The van der Waals surface area contributed by atoms with Crippen molar-refractivity contribution < 1.29 is 13.9 Å². The second-order valence-corrected chi connectivity index (χ2v) is 3.01. The van der Waals surface area contributed by atoms with Gasteiger partial charge in [0.25, 0.3) is 6.43 Å². The van der Waals surface area contributed by atoms with Gasteiger partial charge in [-0.15, -0.1) is 0 Å². The van der Waals surface area contributed by atoms with Crippen molar-refractivity contribution in [1.29, 1.82) is 0 Å². The minimum absolute atomic E-state index is 0.370. The molecule has 0 saturated heterocycles. The van der Waals surface area contributed by atoms with Gasteiger partial charge in [0.05, 0.1) is 11.9 Å². The number of hydrogen-bond donors (Lipinski definition) is 2. The Balaban J connectivity index is 2.25. The van der Waals surface area contributed by atoms with E-state index in [1.54, 1.807) is 0 Å². The summed E-state index contributed by atoms with van der Waals surface area (Å²) in [5.41, 5.74) is -0.502. The molecule has 66 valence electrons. The van der Waals surface area contributed by atoms with Gasteiger partial charge in [-0.1, -0.05) is 0 Å². The molecule has 1 aliphatic rings. The van der Waals surface area contributed by atoms with E-state index in [0.29, 0.717) is 18.5 Å². The van der Waals surface area contributed by atoms with Crippen LogP contribution in [0.15, 0.2) is 6.20 Å². The lowest BCUT2D eigenvalue weighted by molar-refractivity contribution is 0.135. The number of nitrogens with one attached hydrogen (secondary N) is 1. The molecule has 12 heavy (non-hydrogen) atoms. The Labute approximate surface area is 67.4 Å². The lowest BCUT2D eigenvalue weighted by Gasteiger charge is -2.01. The second-order valence-electron chi connectivity index (χ2n) is 3.01. The lowest BCUT2D eigenvalue weighted by atomic mass is 10.2. The summed E-state index contributed by atoms with van der Waals surface area (Å²) in [6.07, 6.45) is -0.0781. The number of alkyl halides is 2. The highest BCUT2D eigenvalue weighted by atomic mass is 19.3. The van der Waals surface area contributed by atoms with Gasteiger partial charge in [-0.25, -0.2) is 13.8 Å². The number of aliphatic hydroxyl groups is 1. The van der Waals surface area contributed by atoms with Gasteiger partial charge in [0.15, 0.2) is 5.82 Å². The first-order valence-electron chi connectivity index (χ1n) is 3.68. The Morgan fingerprint density at radius 2 is 2.25 bits per heavy atom. The van der Waals surface area contributed by atoms with Crippen LogP contribution in [0.2, 0.25) is 0 Å². The molecule has 1 aromatic heterocycles. The van der Waals surface area contributed by atoms with Crippen molar-refractivity contribution in [2.75, 3.05) is 0 Å². The minimum atomic E-state index is -2.60. The normalized spacial score (nSPS) is 20.0. The predicted molar refractivity (Wildman–Crippen MR) is 36.7 cm³/mol. The highest BCUT2D eigenvalue weighted by Gasteiger charge is 2.44. The zero-order chi connectivity index (χ0) is 8.77. The smallest absolute Gasteiger partial charge is 0.295 e. The van der Waals surface area contributed by atoms with Crippen molar-refractivity contribution in [3.05, 3.63) is 17.7 Å². The van der Waals surface area contributed by atoms with Gasteiger partial charge in [0.2, 0.25) is 0 Å². The van der Waals surface area contributed by atoms with Crippen molar-refractivity contribution in [3.63, 3.8) is 0 Å². The van der Waals surface area contributed by atoms with Crippen LogP contribution in [0.1, 0.15) is 30.8 Å². The quantitative estimate of drug-likeness (QED) is 0.710. The molecular formula is C7H8F2N2O. The average Bonchev–Trinajstić information content (AvgIpc) is 2.61. The fourth-order valence-corrected chi connectivity index (χ4v) is 1.07. The average molecular weight is 174 g/mol. The van der Waals surface area contributed by atoms with E-state index in [9.17, 15) is 13.9 Å². The van der Waals surface area contributed by atoms with Crippen LogP contribution in [-0.2, 0) is 5.60 Å². The first kappa shape index (κ1) is 7.67. The molecule has 2 N–H and O–H groups in total. The molecule has 1 aliphatic carbocycles. The number of imidazole rings is 1. The summed E-state index contributed by atoms with van der Waals surface area (Å²) in [5.74, 6) is -0.370. The third-order valence-corrected chi connectivity index (χ3v) is 2.03. The van der Waals surface area contributed by atoms with Gasteiger partial charge in [-0.3, -0.25) is 0 Å². The van der Waals surface area contributed by atoms with Gasteiger partial charge in [0, 0.05) is 0 Å². The summed E-state index contributed by atoms with van der Waals surface area (Å²) in [7, 11) is 0. The third-order valence-electron chi connectivity index (χ3n) is 2.03. The lowest BCUT2D eigenvalue weighted by Crippen LogP contribution is -2.04. The number of rotatable bonds is 2. The summed E-state index contributed by atoms with van der Waals surface area (Å²) in [4.78, 5) is 5.86. The summed E-state index contributed by atoms with van der Waals surface area (Å²) in [6.45, 7) is 0. The van der Waals surface area contributed by atoms with Crippen LogP contribution in [-0.4, -0.2) is 15.1 Å². The SMILES string of the molecule is OC1(c2cnc(C(F)F)[nH]2)CC1. The molecule has 1 fully saturated rings. The maximum Gasteiger partial charge on any atom is 0.295 e. The summed E-state index contributed by atoms with van der Waals surface area (Å²) in [6, 6.07) is 0. The Bertz CT molecular complexity index is 293. The van der Waals surface area contributed by atoms with Crippen LogP contribution >= 0.6 is 0 Å². The minimum Gasteiger partial charge on any atom is -0.384 e. The fraction of sp³-hybridized carbons (Fsp3) is 0.571. The Morgan fingerprint density at radius 3 is 2.67 bits per heavy atom. The fourth-order valence-electron chi connectivity index (χ4n) is 1.07. The van der Waals surface area contributed by atoms with E-state index in [1.165, 1.54) is 6.20 Å². The van der Waals surface area contributed by atoms with Crippen LogP contribution in [0, 0.1) is 0 Å². The van der Waals surface area contributed by atoms with Gasteiger partial charge in [-0.2, -0.15) is 0 Å². The van der Waals surface area contributed by atoms with Crippen LogP contribution < -0.4 is 0 Å². The molecule has 1 saturated carbocycles. The zero-order valence-corrected chi connectivity index (χ0v) is 6.22. The van der Waals surface area contributed by atoms with E-state index in [-0.39, 0.29) is 5.82 Å². The summed E-state index contributed by atoms with van der Waals surface area (Å²) < 4.78 is 24.0. The van der Waals surface area contributed by atoms with E-state index in [0.717, 1.165) is 0 Å². The maximum absolute atomic E-state index is 12.0. The standard InChI is InChI=1S/C7H8F2N2O/c8-5(9)6-10-3-4(11-6)7(12)1-2-7/h3,5,12H,1-2H2,(H,10,11). The van der Waals surface area contributed by atoms with Crippen molar-refractivity contribution in [2.45, 2.75) is 24.9 Å². The van der Waals surface area contributed by atoms with E-state index < -0.39 is 12.0 Å². The first-order valence-corrected chi connectivity index (χ1v) is 3.68. The number of halogens is 2. The summed E-state index contributed by atoms with van der Waals surface area (Å²) >= 11 is 0. The zero-order valence-electron chi connectivity index (χ0n) is 6.22. The Morgan fingerprint density at radius 1 is 1.58 bits per heavy atom. The van der Waals surface area contributed by atoms with E-state index in [4.69, 9.17) is 0 Å². The number of nitrogens with zero attached hydrogens (tertiary/aromatic N) is 1. The molecule has 0 radical (unpaired) electrons. The molecular weight excluding hydrogens is 166 g/mol. The van der Waals surface area contributed by atoms with Crippen LogP contribution in [0.5, 0.6) is 0 Å². The Hall–Kier alpha value is -0.970. The van der Waals surface area contributed by atoms with E-state index in [2.05, 4.69) is 9.97 Å². The van der Waals surface area contributed by atoms with Crippen molar-refractivity contribution in [1.82, 2.24) is 9.97 Å². The van der Waals surface area contributed by atoms with Crippen molar-refractivity contribution >= 4 is 0 Å². The number of aromatic nitrogens is 2. The molecule has 0 aliphatic heterocycles. The van der Waals surface area contributed by atoms with Crippen LogP contribution in [0.3, 0.4) is 0 Å². The van der Waals surface area contributed by atoms with Crippen LogP contribution in [0.25, 0.3) is 0 Å². The molecule has 1 heterocycles. The van der Waals surface area contributed by atoms with Crippen molar-refractivity contribution in [3.8, 4) is 0 Å². The van der Waals surface area contributed by atoms with Gasteiger partial charge < -0.3 is 10.1 Å². The highest BCUT2D eigenvalue weighted by Crippen LogP contribution is 2.44. The summed E-state index contributed by atoms with van der Waals surface area (Å²) in [5, 5.41) is 9.48. The molecule has 0 spiro atoms. The molecule has 0 amide bonds. The Kier molecular flexibility index (Phi) is 1.44. The molecule has 0 unspecified atom stereocenters.